The number of aromatic nitrogens is 4. The highest BCUT2D eigenvalue weighted by molar-refractivity contribution is 7.98. The Hall–Kier alpha value is -2.32. The molecule has 0 unspecified atom stereocenters. The number of thiophene rings is 1. The Balaban J connectivity index is 1.48. The minimum atomic E-state index is 0.560. The van der Waals surface area contributed by atoms with E-state index in [2.05, 4.69) is 20.2 Å². The van der Waals surface area contributed by atoms with Gasteiger partial charge in [0.15, 0.2) is 5.16 Å². The van der Waals surface area contributed by atoms with Gasteiger partial charge in [-0.2, -0.15) is 0 Å². The molecule has 0 radical (unpaired) electrons. The Kier molecular flexibility index (Phi) is 3.76. The Bertz CT molecular complexity index is 930. The number of rotatable bonds is 5. The second kappa shape index (κ2) is 6.05. The number of nitrogens with one attached hydrogen (secondary N) is 1. The normalized spacial score (nSPS) is 11.2. The fourth-order valence-electron chi connectivity index (χ4n) is 2.10. The largest absolute Gasteiger partial charge is 0.497 e. The molecule has 3 heterocycles. The maximum absolute atomic E-state index is 5.67. The zero-order chi connectivity index (χ0) is 15.6. The van der Waals surface area contributed by atoms with Gasteiger partial charge in [0.1, 0.15) is 5.75 Å². The van der Waals surface area contributed by atoms with Crippen LogP contribution in [0.15, 0.2) is 45.3 Å². The van der Waals surface area contributed by atoms with Crippen molar-refractivity contribution < 1.29 is 9.15 Å². The number of thioether (sulfide) groups is 1. The molecule has 0 atom stereocenters. The van der Waals surface area contributed by atoms with Crippen LogP contribution in [-0.4, -0.2) is 27.3 Å². The minimum Gasteiger partial charge on any atom is -0.497 e. The summed E-state index contributed by atoms with van der Waals surface area (Å²) in [5.41, 5.74) is 1.84. The van der Waals surface area contributed by atoms with Crippen molar-refractivity contribution in [2.24, 2.45) is 0 Å². The quantitative estimate of drug-likeness (QED) is 0.552. The molecule has 116 valence electrons. The molecule has 0 bridgehead atoms. The van der Waals surface area contributed by atoms with Crippen LogP contribution in [0.1, 0.15) is 5.89 Å². The molecule has 23 heavy (non-hydrogen) atoms. The first-order valence-electron chi connectivity index (χ1n) is 6.84. The van der Waals surface area contributed by atoms with E-state index in [-0.39, 0.29) is 0 Å². The van der Waals surface area contributed by atoms with Crippen molar-refractivity contribution in [2.75, 3.05) is 7.11 Å². The first kappa shape index (κ1) is 14.3. The summed E-state index contributed by atoms with van der Waals surface area (Å²) in [5, 5.41) is 10.9. The third-order valence-electron chi connectivity index (χ3n) is 3.20. The minimum absolute atomic E-state index is 0.560. The highest BCUT2D eigenvalue weighted by Gasteiger charge is 2.11. The number of methoxy groups -OCH3 is 1. The van der Waals surface area contributed by atoms with Gasteiger partial charge in [-0.25, -0.2) is 4.98 Å². The van der Waals surface area contributed by atoms with Crippen molar-refractivity contribution in [3.05, 3.63) is 41.6 Å². The average molecular weight is 344 g/mol. The van der Waals surface area contributed by atoms with Crippen molar-refractivity contribution in [1.82, 2.24) is 20.2 Å². The molecular weight excluding hydrogens is 332 g/mol. The lowest BCUT2D eigenvalue weighted by molar-refractivity contribution is 0.415. The van der Waals surface area contributed by atoms with E-state index >= 15 is 0 Å². The third-order valence-corrected chi connectivity index (χ3v) is 4.91. The second-order valence-electron chi connectivity index (χ2n) is 4.69. The van der Waals surface area contributed by atoms with Crippen molar-refractivity contribution in [1.29, 1.82) is 0 Å². The summed E-state index contributed by atoms with van der Waals surface area (Å²) in [6.45, 7) is 0. The fourth-order valence-corrected chi connectivity index (χ4v) is 3.47. The van der Waals surface area contributed by atoms with Crippen molar-refractivity contribution in [3.8, 4) is 16.5 Å². The molecule has 0 amide bonds. The van der Waals surface area contributed by atoms with Gasteiger partial charge in [-0.15, -0.1) is 21.5 Å². The number of ether oxygens (including phenoxy) is 1. The summed E-state index contributed by atoms with van der Waals surface area (Å²) in [5.74, 6) is 2.51. The molecule has 1 N–H and O–H groups in total. The van der Waals surface area contributed by atoms with Gasteiger partial charge < -0.3 is 14.1 Å². The Morgan fingerprint density at radius 2 is 2.26 bits per heavy atom. The van der Waals surface area contributed by atoms with E-state index in [0.29, 0.717) is 17.5 Å². The van der Waals surface area contributed by atoms with Crippen LogP contribution in [0, 0.1) is 0 Å². The van der Waals surface area contributed by atoms with Crippen LogP contribution in [-0.2, 0) is 5.75 Å². The zero-order valence-electron chi connectivity index (χ0n) is 12.1. The van der Waals surface area contributed by atoms with E-state index in [0.717, 1.165) is 26.8 Å². The predicted octanol–water partition coefficient (Wildman–Crippen LogP) is 3.98. The summed E-state index contributed by atoms with van der Waals surface area (Å²) in [6.07, 6.45) is 0. The van der Waals surface area contributed by atoms with Crippen LogP contribution in [0.4, 0.5) is 0 Å². The Morgan fingerprint density at radius 1 is 1.30 bits per heavy atom. The number of hydrogen-bond donors (Lipinski definition) is 1. The van der Waals surface area contributed by atoms with Crippen LogP contribution in [0.3, 0.4) is 0 Å². The van der Waals surface area contributed by atoms with Crippen molar-refractivity contribution >= 4 is 34.1 Å². The lowest BCUT2D eigenvalue weighted by atomic mass is 10.3. The van der Waals surface area contributed by atoms with E-state index in [1.165, 1.54) is 11.8 Å². The van der Waals surface area contributed by atoms with Crippen molar-refractivity contribution in [3.63, 3.8) is 0 Å². The summed E-state index contributed by atoms with van der Waals surface area (Å²) >= 11 is 3.10. The molecule has 6 nitrogen and oxygen atoms in total. The molecule has 0 saturated heterocycles. The number of fused-ring (bicyclic) bond motifs is 1. The monoisotopic (exact) mass is 344 g/mol. The number of H-pyrrole nitrogens is 1. The van der Waals surface area contributed by atoms with Gasteiger partial charge in [-0.05, 0) is 23.6 Å². The molecule has 0 aliphatic rings. The summed E-state index contributed by atoms with van der Waals surface area (Å²) in [4.78, 5) is 8.76. The van der Waals surface area contributed by atoms with Gasteiger partial charge in [0.05, 0.1) is 28.8 Å². The molecule has 1 aromatic carbocycles. The molecule has 0 spiro atoms. The highest BCUT2D eigenvalue weighted by atomic mass is 32.2. The maximum atomic E-state index is 5.67. The maximum Gasteiger partial charge on any atom is 0.257 e. The van der Waals surface area contributed by atoms with E-state index in [4.69, 9.17) is 9.15 Å². The Morgan fingerprint density at radius 3 is 3.09 bits per heavy atom. The van der Waals surface area contributed by atoms with Gasteiger partial charge >= 0.3 is 0 Å². The summed E-state index contributed by atoms with van der Waals surface area (Å²) in [7, 11) is 1.65. The van der Waals surface area contributed by atoms with Crippen LogP contribution in [0.2, 0.25) is 0 Å². The molecular formula is C15H12N4O2S2. The van der Waals surface area contributed by atoms with E-state index in [1.54, 1.807) is 18.4 Å². The SMILES string of the molecule is COc1ccc2nc(SCc3nnc(-c4cccs4)o3)[nH]c2c1. The fraction of sp³-hybridized carbons (Fsp3) is 0.133. The molecule has 0 aliphatic carbocycles. The van der Waals surface area contributed by atoms with Crippen LogP contribution < -0.4 is 4.74 Å². The van der Waals surface area contributed by atoms with Crippen LogP contribution in [0.25, 0.3) is 21.8 Å². The number of hydrogen-bond acceptors (Lipinski definition) is 7. The van der Waals surface area contributed by atoms with E-state index < -0.39 is 0 Å². The highest BCUT2D eigenvalue weighted by Crippen LogP contribution is 2.27. The van der Waals surface area contributed by atoms with Gasteiger partial charge in [-0.1, -0.05) is 17.8 Å². The molecule has 8 heteroatoms. The van der Waals surface area contributed by atoms with Crippen molar-refractivity contribution in [2.45, 2.75) is 10.9 Å². The molecule has 4 aromatic rings. The standard InChI is InChI=1S/C15H12N4O2S2/c1-20-9-4-5-10-11(7-9)17-15(16-10)23-8-13-18-19-14(21-13)12-3-2-6-22-12/h2-7H,8H2,1H3,(H,16,17). The lowest BCUT2D eigenvalue weighted by Crippen LogP contribution is -1.81. The molecule has 0 aliphatic heterocycles. The number of benzene rings is 1. The zero-order valence-corrected chi connectivity index (χ0v) is 13.8. The summed E-state index contributed by atoms with van der Waals surface area (Å²) in [6, 6.07) is 9.66. The smallest absolute Gasteiger partial charge is 0.257 e. The Labute approximate surface area is 139 Å². The molecule has 3 aromatic heterocycles. The second-order valence-corrected chi connectivity index (χ2v) is 6.60. The van der Waals surface area contributed by atoms with Crippen LogP contribution in [0.5, 0.6) is 5.75 Å². The summed E-state index contributed by atoms with van der Waals surface area (Å²) < 4.78 is 10.9. The number of aromatic amines is 1. The molecule has 0 fully saturated rings. The van der Waals surface area contributed by atoms with E-state index in [9.17, 15) is 0 Å². The van der Waals surface area contributed by atoms with Crippen LogP contribution >= 0.6 is 23.1 Å². The van der Waals surface area contributed by atoms with Gasteiger partial charge in [0.2, 0.25) is 5.89 Å². The van der Waals surface area contributed by atoms with Gasteiger partial charge in [-0.3, -0.25) is 0 Å². The predicted molar refractivity (Wildman–Crippen MR) is 89.8 cm³/mol. The van der Waals surface area contributed by atoms with Gasteiger partial charge in [0, 0.05) is 6.07 Å². The first-order chi connectivity index (χ1) is 11.3. The molecule has 4 rings (SSSR count). The third kappa shape index (κ3) is 2.95. The first-order valence-corrected chi connectivity index (χ1v) is 8.71. The molecule has 0 saturated carbocycles. The lowest BCUT2D eigenvalue weighted by Gasteiger charge is -1.96. The number of imidazole rings is 1. The topological polar surface area (TPSA) is 76.8 Å². The van der Waals surface area contributed by atoms with E-state index in [1.807, 2.05) is 35.7 Å². The van der Waals surface area contributed by atoms with Gasteiger partial charge in [0.25, 0.3) is 5.89 Å². The average Bonchev–Trinajstić information content (AvgIpc) is 3.30. The number of nitrogens with zero attached hydrogens (tertiary/aromatic N) is 3.